The molecule has 0 N–H and O–H groups in total. The van der Waals surface area contributed by atoms with Crippen LogP contribution in [0.15, 0.2) is 48.5 Å². The first-order valence-corrected chi connectivity index (χ1v) is 7.56. The molecule has 0 aliphatic heterocycles. The molecule has 0 radical (unpaired) electrons. The van der Waals surface area contributed by atoms with Gasteiger partial charge in [0, 0.05) is 18.8 Å². The topological polar surface area (TPSA) is 17.8 Å². The summed E-state index contributed by atoms with van der Waals surface area (Å²) in [5.41, 5.74) is 3.24. The highest BCUT2D eigenvalue weighted by molar-refractivity contribution is 6.17. The van der Waals surface area contributed by atoms with E-state index in [1.807, 2.05) is 30.3 Å². The summed E-state index contributed by atoms with van der Waals surface area (Å²) >= 11 is 5.88. The Morgan fingerprint density at radius 1 is 1.00 bits per heavy atom. The molecule has 2 aromatic carbocycles. The Balaban J connectivity index is 1.87. The van der Waals surface area contributed by atoms with Crippen LogP contribution >= 0.6 is 11.6 Å². The van der Waals surface area contributed by atoms with Crippen LogP contribution < -0.4 is 0 Å². The number of nitrogens with zero attached hydrogens (tertiary/aromatic N) is 2. The molecule has 0 spiro atoms. The molecule has 108 valence electrons. The van der Waals surface area contributed by atoms with E-state index in [0.717, 1.165) is 41.8 Å². The lowest BCUT2D eigenvalue weighted by Gasteiger charge is -2.08. The minimum atomic E-state index is -0.199. The zero-order chi connectivity index (χ0) is 14.7. The summed E-state index contributed by atoms with van der Waals surface area (Å²) in [7, 11) is 0. The van der Waals surface area contributed by atoms with Gasteiger partial charge in [-0.1, -0.05) is 24.3 Å². The summed E-state index contributed by atoms with van der Waals surface area (Å²) < 4.78 is 15.2. The van der Waals surface area contributed by atoms with Crippen LogP contribution in [0.1, 0.15) is 11.4 Å². The van der Waals surface area contributed by atoms with Gasteiger partial charge in [-0.15, -0.1) is 11.6 Å². The van der Waals surface area contributed by atoms with Crippen molar-refractivity contribution in [2.75, 3.05) is 5.88 Å². The molecule has 2 nitrogen and oxygen atoms in total. The summed E-state index contributed by atoms with van der Waals surface area (Å²) in [6.07, 6.45) is 1.59. The summed E-state index contributed by atoms with van der Waals surface area (Å²) in [5.74, 6) is 1.36. The van der Waals surface area contributed by atoms with Crippen LogP contribution in [0.5, 0.6) is 0 Å². The molecule has 1 heterocycles. The van der Waals surface area contributed by atoms with E-state index in [1.165, 1.54) is 12.1 Å². The summed E-state index contributed by atoms with van der Waals surface area (Å²) in [6.45, 7) is 0.818. The molecule has 0 saturated heterocycles. The van der Waals surface area contributed by atoms with Gasteiger partial charge < -0.3 is 4.57 Å². The van der Waals surface area contributed by atoms with Gasteiger partial charge in [0.2, 0.25) is 0 Å². The van der Waals surface area contributed by atoms with E-state index in [9.17, 15) is 4.39 Å². The molecule has 0 aliphatic rings. The van der Waals surface area contributed by atoms with Crippen LogP contribution in [0, 0.1) is 5.82 Å². The predicted molar refractivity (Wildman–Crippen MR) is 84.3 cm³/mol. The first-order chi connectivity index (χ1) is 10.3. The van der Waals surface area contributed by atoms with Crippen LogP contribution in [0.3, 0.4) is 0 Å². The lowest BCUT2D eigenvalue weighted by molar-refractivity contribution is 0.625. The molecular formula is C17H16ClFN2. The largest absolute Gasteiger partial charge is 0.328 e. The molecule has 4 heteroatoms. The van der Waals surface area contributed by atoms with E-state index in [2.05, 4.69) is 15.6 Å². The second kappa shape index (κ2) is 6.27. The molecule has 0 fully saturated rings. The van der Waals surface area contributed by atoms with E-state index in [-0.39, 0.29) is 5.82 Å². The third-order valence-corrected chi connectivity index (χ3v) is 3.78. The number of aryl methyl sites for hydroxylation is 3. The Morgan fingerprint density at radius 2 is 1.76 bits per heavy atom. The van der Waals surface area contributed by atoms with Crippen molar-refractivity contribution in [3.8, 4) is 0 Å². The molecule has 0 aliphatic carbocycles. The minimum Gasteiger partial charge on any atom is -0.328 e. The summed E-state index contributed by atoms with van der Waals surface area (Å²) in [5, 5.41) is 0. The van der Waals surface area contributed by atoms with Gasteiger partial charge in [-0.05, 0) is 36.2 Å². The fourth-order valence-electron chi connectivity index (χ4n) is 2.54. The Kier molecular flexibility index (Phi) is 4.20. The summed E-state index contributed by atoms with van der Waals surface area (Å²) in [6, 6.07) is 14.8. The van der Waals surface area contributed by atoms with Gasteiger partial charge in [-0.25, -0.2) is 9.37 Å². The lowest BCUT2D eigenvalue weighted by atomic mass is 10.1. The number of aromatic nitrogens is 2. The fourth-order valence-corrected chi connectivity index (χ4v) is 2.71. The van der Waals surface area contributed by atoms with Crippen LogP contribution in [-0.2, 0) is 19.4 Å². The van der Waals surface area contributed by atoms with Gasteiger partial charge in [0.15, 0.2) is 0 Å². The number of halogens is 2. The number of rotatable bonds is 5. The standard InChI is InChI=1S/C17H16ClFN2/c18-11-9-17-20-15-3-1-2-4-16(15)21(17)12-10-13-5-7-14(19)8-6-13/h1-8H,9-12H2. The molecule has 3 aromatic rings. The molecular weight excluding hydrogens is 287 g/mol. The molecule has 0 bridgehead atoms. The summed E-state index contributed by atoms with van der Waals surface area (Å²) in [4.78, 5) is 4.65. The maximum atomic E-state index is 12.9. The number of hydrogen-bond donors (Lipinski definition) is 0. The molecule has 0 atom stereocenters. The van der Waals surface area contributed by atoms with Crippen molar-refractivity contribution >= 4 is 22.6 Å². The van der Waals surface area contributed by atoms with Crippen molar-refractivity contribution in [2.24, 2.45) is 0 Å². The monoisotopic (exact) mass is 302 g/mol. The van der Waals surface area contributed by atoms with Crippen LogP contribution in [0.4, 0.5) is 4.39 Å². The maximum absolute atomic E-state index is 12.9. The average Bonchev–Trinajstić information content (AvgIpc) is 2.85. The average molecular weight is 303 g/mol. The highest BCUT2D eigenvalue weighted by atomic mass is 35.5. The third kappa shape index (κ3) is 3.08. The normalized spacial score (nSPS) is 11.1. The Bertz CT molecular complexity index is 734. The highest BCUT2D eigenvalue weighted by Gasteiger charge is 2.09. The van der Waals surface area contributed by atoms with Crippen LogP contribution in [-0.4, -0.2) is 15.4 Å². The van der Waals surface area contributed by atoms with Gasteiger partial charge in [-0.3, -0.25) is 0 Å². The van der Waals surface area contributed by atoms with Crippen molar-refractivity contribution in [2.45, 2.75) is 19.4 Å². The molecule has 0 amide bonds. The number of imidazole rings is 1. The predicted octanol–water partition coefficient (Wildman–Crippen LogP) is 4.20. The molecule has 1 aromatic heterocycles. The third-order valence-electron chi connectivity index (χ3n) is 3.59. The Hall–Kier alpha value is -1.87. The van der Waals surface area contributed by atoms with E-state index in [0.29, 0.717) is 5.88 Å². The first-order valence-electron chi connectivity index (χ1n) is 7.02. The zero-order valence-electron chi connectivity index (χ0n) is 11.6. The smallest absolute Gasteiger partial charge is 0.123 e. The second-order valence-corrected chi connectivity index (χ2v) is 5.36. The van der Waals surface area contributed by atoms with E-state index >= 15 is 0 Å². The fraction of sp³-hybridized carbons (Fsp3) is 0.235. The zero-order valence-corrected chi connectivity index (χ0v) is 12.4. The molecule has 3 rings (SSSR count). The maximum Gasteiger partial charge on any atom is 0.123 e. The van der Waals surface area contributed by atoms with Gasteiger partial charge in [0.25, 0.3) is 0 Å². The first kappa shape index (κ1) is 14.1. The SMILES string of the molecule is Fc1ccc(CCn2c(CCCl)nc3ccccc32)cc1. The molecule has 21 heavy (non-hydrogen) atoms. The Morgan fingerprint density at radius 3 is 2.52 bits per heavy atom. The molecule has 0 unspecified atom stereocenters. The van der Waals surface area contributed by atoms with Crippen LogP contribution in [0.2, 0.25) is 0 Å². The minimum absolute atomic E-state index is 0.199. The van der Waals surface area contributed by atoms with Gasteiger partial charge in [-0.2, -0.15) is 0 Å². The highest BCUT2D eigenvalue weighted by Crippen LogP contribution is 2.18. The lowest BCUT2D eigenvalue weighted by Crippen LogP contribution is -2.07. The number of fused-ring (bicyclic) bond motifs is 1. The van der Waals surface area contributed by atoms with Gasteiger partial charge in [0.1, 0.15) is 11.6 Å². The van der Waals surface area contributed by atoms with Crippen molar-refractivity contribution in [1.82, 2.24) is 9.55 Å². The van der Waals surface area contributed by atoms with Crippen molar-refractivity contribution in [3.63, 3.8) is 0 Å². The molecule has 0 saturated carbocycles. The van der Waals surface area contributed by atoms with E-state index in [4.69, 9.17) is 11.6 Å². The second-order valence-electron chi connectivity index (χ2n) is 4.98. The van der Waals surface area contributed by atoms with Crippen molar-refractivity contribution < 1.29 is 4.39 Å². The number of benzene rings is 2. The van der Waals surface area contributed by atoms with Crippen molar-refractivity contribution in [3.05, 3.63) is 65.7 Å². The van der Waals surface area contributed by atoms with Gasteiger partial charge >= 0.3 is 0 Å². The van der Waals surface area contributed by atoms with E-state index in [1.54, 1.807) is 0 Å². The quantitative estimate of drug-likeness (QED) is 0.646. The van der Waals surface area contributed by atoms with Gasteiger partial charge in [0.05, 0.1) is 11.0 Å². The van der Waals surface area contributed by atoms with Crippen molar-refractivity contribution in [1.29, 1.82) is 0 Å². The Labute approximate surface area is 128 Å². The van der Waals surface area contributed by atoms with Crippen LogP contribution in [0.25, 0.3) is 11.0 Å². The van der Waals surface area contributed by atoms with E-state index < -0.39 is 0 Å². The number of para-hydroxylation sites is 2. The number of alkyl halides is 1. The number of hydrogen-bond acceptors (Lipinski definition) is 1.